The number of aromatic nitrogens is 3. The van der Waals surface area contributed by atoms with E-state index in [1.165, 1.54) is 10.5 Å². The summed E-state index contributed by atoms with van der Waals surface area (Å²) in [6, 6.07) is 11.6. The van der Waals surface area contributed by atoms with Crippen molar-refractivity contribution in [3.63, 3.8) is 0 Å². The monoisotopic (exact) mass is 379 g/mol. The molecule has 0 atom stereocenters. The van der Waals surface area contributed by atoms with Crippen LogP contribution in [0.2, 0.25) is 0 Å². The van der Waals surface area contributed by atoms with Crippen molar-refractivity contribution in [1.29, 1.82) is 0 Å². The van der Waals surface area contributed by atoms with Crippen LogP contribution in [0.1, 0.15) is 5.56 Å². The van der Waals surface area contributed by atoms with E-state index in [0.717, 1.165) is 37.7 Å². The molecule has 8 nitrogen and oxygen atoms in total. The second-order valence-corrected chi connectivity index (χ2v) is 6.95. The fourth-order valence-corrected chi connectivity index (χ4v) is 3.26. The van der Waals surface area contributed by atoms with Crippen molar-refractivity contribution in [2.24, 2.45) is 0 Å². The highest BCUT2D eigenvalue weighted by Crippen LogP contribution is 2.21. The van der Waals surface area contributed by atoms with Crippen molar-refractivity contribution in [2.75, 3.05) is 42.9 Å². The third-order valence-electron chi connectivity index (χ3n) is 4.84. The molecular weight excluding hydrogens is 356 g/mol. The second kappa shape index (κ2) is 8.18. The molecule has 2 N–H and O–H groups in total. The Balaban J connectivity index is 1.28. The maximum Gasteiger partial charge on any atom is 0.281 e. The van der Waals surface area contributed by atoms with Crippen LogP contribution >= 0.6 is 0 Å². The predicted molar refractivity (Wildman–Crippen MR) is 105 cm³/mol. The van der Waals surface area contributed by atoms with Gasteiger partial charge in [-0.05, 0) is 13.0 Å². The number of amides is 1. The highest BCUT2D eigenvalue weighted by atomic mass is 16.5. The van der Waals surface area contributed by atoms with Gasteiger partial charge in [0, 0.05) is 24.0 Å². The van der Waals surface area contributed by atoms with Crippen LogP contribution in [0.25, 0.3) is 11.3 Å². The molecule has 0 spiro atoms. The average molecular weight is 379 g/mol. The first-order valence-electron chi connectivity index (χ1n) is 9.36. The Morgan fingerprint density at radius 3 is 2.61 bits per heavy atom. The molecule has 0 aliphatic carbocycles. The number of rotatable bonds is 5. The van der Waals surface area contributed by atoms with Gasteiger partial charge in [0.1, 0.15) is 5.69 Å². The Hall–Kier alpha value is -3.26. The predicted octanol–water partition coefficient (Wildman–Crippen LogP) is 0.784. The van der Waals surface area contributed by atoms with Crippen LogP contribution in [0.5, 0.6) is 0 Å². The maximum atomic E-state index is 12.4. The number of hydrogen-bond donors (Lipinski definition) is 2. The summed E-state index contributed by atoms with van der Waals surface area (Å²) in [5, 5.41) is 6.85. The van der Waals surface area contributed by atoms with Crippen molar-refractivity contribution >= 4 is 17.7 Å². The van der Waals surface area contributed by atoms with Crippen molar-refractivity contribution in [1.82, 2.24) is 15.1 Å². The zero-order valence-corrected chi connectivity index (χ0v) is 15.8. The van der Waals surface area contributed by atoms with Crippen molar-refractivity contribution in [3.05, 3.63) is 54.4 Å². The Bertz CT molecular complexity index is 917. The van der Waals surface area contributed by atoms with Gasteiger partial charge in [-0.3, -0.25) is 10.1 Å². The molecule has 0 saturated carbocycles. The van der Waals surface area contributed by atoms with Crippen LogP contribution in [0.15, 0.2) is 53.3 Å². The maximum absolute atomic E-state index is 12.4. The van der Waals surface area contributed by atoms with E-state index in [4.69, 9.17) is 4.52 Å². The van der Waals surface area contributed by atoms with Gasteiger partial charge >= 0.3 is 0 Å². The van der Waals surface area contributed by atoms with E-state index < -0.39 is 0 Å². The first-order valence-corrected chi connectivity index (χ1v) is 9.36. The van der Waals surface area contributed by atoms with Gasteiger partial charge in [-0.1, -0.05) is 35.0 Å². The molecular formula is C20H23N6O2+. The molecule has 0 radical (unpaired) electrons. The minimum Gasteiger partial charge on any atom is -0.338 e. The lowest BCUT2D eigenvalue weighted by molar-refractivity contribution is -0.892. The Kier molecular flexibility index (Phi) is 5.29. The smallest absolute Gasteiger partial charge is 0.281 e. The first kappa shape index (κ1) is 18.1. The summed E-state index contributed by atoms with van der Waals surface area (Å²) in [6.45, 7) is 5.80. The zero-order valence-electron chi connectivity index (χ0n) is 15.8. The van der Waals surface area contributed by atoms with Gasteiger partial charge in [-0.2, -0.15) is 0 Å². The number of aryl methyl sites for hydroxylation is 1. The Morgan fingerprint density at radius 2 is 1.89 bits per heavy atom. The molecule has 1 aromatic carbocycles. The minimum absolute atomic E-state index is 0.0778. The molecule has 144 valence electrons. The summed E-state index contributed by atoms with van der Waals surface area (Å²) in [4.78, 5) is 24.3. The third-order valence-corrected chi connectivity index (χ3v) is 4.84. The number of carbonyl (C=O) groups is 1. The van der Waals surface area contributed by atoms with E-state index in [2.05, 4.69) is 25.3 Å². The van der Waals surface area contributed by atoms with Gasteiger partial charge in [0.05, 0.1) is 26.2 Å². The van der Waals surface area contributed by atoms with E-state index >= 15 is 0 Å². The van der Waals surface area contributed by atoms with Crippen LogP contribution in [-0.4, -0.2) is 53.8 Å². The molecule has 1 aliphatic heterocycles. The number of anilines is 2. The van der Waals surface area contributed by atoms with E-state index in [1.807, 2.05) is 37.3 Å². The number of carbonyl (C=O) groups excluding carboxylic acids is 1. The topological polar surface area (TPSA) is 88.6 Å². The van der Waals surface area contributed by atoms with Gasteiger partial charge in [-0.15, -0.1) is 0 Å². The van der Waals surface area contributed by atoms with Gasteiger partial charge in [-0.25, -0.2) is 9.97 Å². The molecule has 4 rings (SSSR count). The molecule has 3 aromatic rings. The molecule has 3 heterocycles. The van der Waals surface area contributed by atoms with Crippen LogP contribution in [0.3, 0.4) is 0 Å². The number of benzene rings is 1. The summed E-state index contributed by atoms with van der Waals surface area (Å²) in [7, 11) is 0. The molecule has 1 saturated heterocycles. The molecule has 0 bridgehead atoms. The number of hydrogen-bond acceptors (Lipinski definition) is 6. The highest BCUT2D eigenvalue weighted by molar-refractivity contribution is 5.90. The van der Waals surface area contributed by atoms with Gasteiger partial charge in [0.25, 0.3) is 5.91 Å². The Morgan fingerprint density at radius 1 is 1.18 bits per heavy atom. The fraction of sp³-hybridized carbons (Fsp3) is 0.300. The SMILES string of the molecule is Cc1ccc(-c2cc(NC(=O)C[NH+]3CCN(c4ncccn4)CC3)on2)cc1. The Labute approximate surface area is 163 Å². The summed E-state index contributed by atoms with van der Waals surface area (Å²) in [5.41, 5.74) is 2.85. The zero-order chi connectivity index (χ0) is 19.3. The first-order chi connectivity index (χ1) is 13.7. The lowest BCUT2D eigenvalue weighted by atomic mass is 10.1. The van der Waals surface area contributed by atoms with E-state index in [1.54, 1.807) is 18.5 Å². The van der Waals surface area contributed by atoms with Crippen molar-refractivity contribution < 1.29 is 14.2 Å². The molecule has 28 heavy (non-hydrogen) atoms. The molecule has 1 amide bonds. The van der Waals surface area contributed by atoms with Gasteiger partial charge in [0.2, 0.25) is 11.8 Å². The van der Waals surface area contributed by atoms with E-state index in [0.29, 0.717) is 18.1 Å². The summed E-state index contributed by atoms with van der Waals surface area (Å²) < 4.78 is 5.27. The van der Waals surface area contributed by atoms with E-state index in [9.17, 15) is 4.79 Å². The summed E-state index contributed by atoms with van der Waals surface area (Å²) >= 11 is 0. The summed E-state index contributed by atoms with van der Waals surface area (Å²) in [5.74, 6) is 1.04. The highest BCUT2D eigenvalue weighted by Gasteiger charge is 2.24. The lowest BCUT2D eigenvalue weighted by Crippen LogP contribution is -3.15. The molecule has 8 heteroatoms. The largest absolute Gasteiger partial charge is 0.338 e. The normalized spacial score (nSPS) is 14.8. The van der Waals surface area contributed by atoms with Crippen molar-refractivity contribution in [2.45, 2.75) is 6.92 Å². The average Bonchev–Trinajstić information content (AvgIpc) is 3.18. The quantitative estimate of drug-likeness (QED) is 0.681. The molecule has 0 unspecified atom stereocenters. The number of piperazine rings is 1. The third kappa shape index (κ3) is 4.34. The lowest BCUT2D eigenvalue weighted by Gasteiger charge is -2.31. The van der Waals surface area contributed by atoms with Crippen LogP contribution in [0, 0.1) is 6.92 Å². The van der Waals surface area contributed by atoms with Crippen LogP contribution in [0.4, 0.5) is 11.8 Å². The number of nitrogens with zero attached hydrogens (tertiary/aromatic N) is 4. The molecule has 2 aromatic heterocycles. The fourth-order valence-electron chi connectivity index (χ4n) is 3.26. The van der Waals surface area contributed by atoms with Crippen LogP contribution < -0.4 is 15.1 Å². The molecule has 1 fully saturated rings. The van der Waals surface area contributed by atoms with Gasteiger partial charge < -0.3 is 14.3 Å². The summed E-state index contributed by atoms with van der Waals surface area (Å²) in [6.07, 6.45) is 3.49. The number of quaternary nitrogens is 1. The van der Waals surface area contributed by atoms with Gasteiger partial charge in [0.15, 0.2) is 6.54 Å². The van der Waals surface area contributed by atoms with Crippen molar-refractivity contribution in [3.8, 4) is 11.3 Å². The van der Waals surface area contributed by atoms with Crippen LogP contribution in [-0.2, 0) is 4.79 Å². The second-order valence-electron chi connectivity index (χ2n) is 6.95. The minimum atomic E-state index is -0.0778. The van der Waals surface area contributed by atoms with E-state index in [-0.39, 0.29) is 5.91 Å². The number of nitrogens with one attached hydrogen (secondary N) is 2. The molecule has 1 aliphatic rings. The standard InChI is InChI=1S/C20H22N6O2/c1-15-3-5-16(6-4-15)17-13-19(28-24-17)23-18(27)14-25-9-11-26(12-10-25)20-21-7-2-8-22-20/h2-8,13H,9-12,14H2,1H3,(H,23,27)/p+1.